The van der Waals surface area contributed by atoms with Crippen molar-refractivity contribution in [3.63, 3.8) is 0 Å². The third-order valence-corrected chi connectivity index (χ3v) is 1.39. The zero-order valence-corrected chi connectivity index (χ0v) is 6.08. The van der Waals surface area contributed by atoms with E-state index in [0.717, 1.165) is 12.1 Å². The van der Waals surface area contributed by atoms with E-state index in [1.807, 2.05) is 0 Å². The molecule has 1 rings (SSSR count). The third kappa shape index (κ3) is 1.47. The number of hydrogen-bond acceptors (Lipinski definition) is 3. The second-order valence-electron chi connectivity index (χ2n) is 2.21. The van der Waals surface area contributed by atoms with Crippen LogP contribution in [-0.4, -0.2) is 12.1 Å². The number of aldehydes is 1. The number of Topliss-reactive ketones (excluding diaryl/α,β-unsaturated/α-hetero) is 1. The normalized spacial score (nSPS) is 9.42. The lowest BCUT2D eigenvalue weighted by Crippen LogP contribution is -2.04. The van der Waals surface area contributed by atoms with Crippen LogP contribution in [0.2, 0.25) is 0 Å². The first-order chi connectivity index (χ1) is 5.65. The summed E-state index contributed by atoms with van der Waals surface area (Å²) in [6.45, 7) is 0. The Morgan fingerprint density at radius 3 is 2.75 bits per heavy atom. The molecule has 0 fully saturated rings. The van der Waals surface area contributed by atoms with Gasteiger partial charge in [0.2, 0.25) is 5.78 Å². The Morgan fingerprint density at radius 2 is 2.17 bits per heavy atom. The van der Waals surface area contributed by atoms with Crippen LogP contribution in [0.25, 0.3) is 0 Å². The summed E-state index contributed by atoms with van der Waals surface area (Å²) in [6, 6.07) is 3.30. The molecule has 0 unspecified atom stereocenters. The summed E-state index contributed by atoms with van der Waals surface area (Å²) in [7, 11) is 0. The monoisotopic (exact) mass is 167 g/mol. The van der Waals surface area contributed by atoms with Crippen LogP contribution in [0.15, 0.2) is 18.2 Å². The first-order valence-corrected chi connectivity index (χ1v) is 3.19. The third-order valence-electron chi connectivity index (χ3n) is 1.39. The molecule has 1 aromatic rings. The van der Waals surface area contributed by atoms with Crippen molar-refractivity contribution in [1.82, 2.24) is 0 Å². The number of nitrogens with two attached hydrogens (primary N) is 1. The predicted molar refractivity (Wildman–Crippen MR) is 41.2 cm³/mol. The zero-order valence-electron chi connectivity index (χ0n) is 6.08. The molecular weight excluding hydrogens is 161 g/mol. The van der Waals surface area contributed by atoms with Crippen LogP contribution in [0.5, 0.6) is 0 Å². The highest BCUT2D eigenvalue weighted by atomic mass is 19.1. The van der Waals surface area contributed by atoms with E-state index in [1.165, 1.54) is 6.07 Å². The fourth-order valence-electron chi connectivity index (χ4n) is 0.805. The lowest BCUT2D eigenvalue weighted by atomic mass is 10.1. The minimum Gasteiger partial charge on any atom is -0.398 e. The number of halogens is 1. The molecule has 0 bridgehead atoms. The van der Waals surface area contributed by atoms with Crippen LogP contribution in [0.4, 0.5) is 10.1 Å². The molecular formula is C8H6FNO2. The maximum absolute atomic E-state index is 12.5. The number of rotatable bonds is 2. The first-order valence-electron chi connectivity index (χ1n) is 3.19. The predicted octanol–water partition coefficient (Wildman–Crippen LogP) is 0.790. The molecule has 3 nitrogen and oxygen atoms in total. The van der Waals surface area contributed by atoms with Crippen LogP contribution in [0.1, 0.15) is 10.4 Å². The van der Waals surface area contributed by atoms with E-state index in [1.54, 1.807) is 0 Å². The van der Waals surface area contributed by atoms with Crippen LogP contribution in [-0.2, 0) is 4.79 Å². The maximum atomic E-state index is 12.5. The molecule has 4 heteroatoms. The van der Waals surface area contributed by atoms with Crippen molar-refractivity contribution in [3.8, 4) is 0 Å². The van der Waals surface area contributed by atoms with Crippen LogP contribution in [0.3, 0.4) is 0 Å². The van der Waals surface area contributed by atoms with Crippen molar-refractivity contribution >= 4 is 17.8 Å². The molecule has 0 aliphatic heterocycles. The zero-order chi connectivity index (χ0) is 9.14. The molecule has 0 heterocycles. The maximum Gasteiger partial charge on any atom is 0.227 e. The summed E-state index contributed by atoms with van der Waals surface area (Å²) in [5.74, 6) is -1.40. The van der Waals surface area contributed by atoms with Gasteiger partial charge < -0.3 is 5.73 Å². The summed E-state index contributed by atoms with van der Waals surface area (Å²) in [6.07, 6.45) is 0.102. The van der Waals surface area contributed by atoms with Crippen molar-refractivity contribution in [2.45, 2.75) is 0 Å². The second-order valence-corrected chi connectivity index (χ2v) is 2.21. The molecule has 0 aromatic heterocycles. The van der Waals surface area contributed by atoms with Gasteiger partial charge in [0.1, 0.15) is 5.82 Å². The van der Waals surface area contributed by atoms with E-state index in [9.17, 15) is 14.0 Å². The summed E-state index contributed by atoms with van der Waals surface area (Å²) in [5.41, 5.74) is 5.33. The Labute approximate surface area is 68.0 Å². The number of carbonyl (C=O) groups excluding carboxylic acids is 2. The number of anilines is 1. The van der Waals surface area contributed by atoms with Gasteiger partial charge in [-0.1, -0.05) is 0 Å². The SMILES string of the molecule is Nc1ccc(F)cc1C(=O)C=O. The first kappa shape index (κ1) is 8.39. The van der Waals surface area contributed by atoms with Crippen LogP contribution >= 0.6 is 0 Å². The number of hydrogen-bond donors (Lipinski definition) is 1. The Balaban J connectivity index is 3.22. The van der Waals surface area contributed by atoms with Crippen LogP contribution < -0.4 is 5.73 Å². The molecule has 0 saturated heterocycles. The number of benzene rings is 1. The van der Waals surface area contributed by atoms with Crippen molar-refractivity contribution in [2.24, 2.45) is 0 Å². The Kier molecular flexibility index (Phi) is 2.19. The van der Waals surface area contributed by atoms with Gasteiger partial charge in [0, 0.05) is 5.69 Å². The van der Waals surface area contributed by atoms with Gasteiger partial charge in [-0.2, -0.15) is 0 Å². The number of nitrogen functional groups attached to an aromatic ring is 1. The fourth-order valence-corrected chi connectivity index (χ4v) is 0.805. The molecule has 0 spiro atoms. The molecule has 1 aromatic carbocycles. The van der Waals surface area contributed by atoms with Gasteiger partial charge in [0.25, 0.3) is 0 Å². The summed E-state index contributed by atoms with van der Waals surface area (Å²) < 4.78 is 12.5. The Bertz CT molecular complexity index is 336. The Hall–Kier alpha value is -1.71. The molecule has 2 N–H and O–H groups in total. The Morgan fingerprint density at radius 1 is 1.50 bits per heavy atom. The molecule has 0 saturated carbocycles. The number of carbonyl (C=O) groups is 2. The fraction of sp³-hybridized carbons (Fsp3) is 0. The van der Waals surface area contributed by atoms with Gasteiger partial charge >= 0.3 is 0 Å². The van der Waals surface area contributed by atoms with Gasteiger partial charge in [-0.05, 0) is 18.2 Å². The topological polar surface area (TPSA) is 60.2 Å². The van der Waals surface area contributed by atoms with E-state index >= 15 is 0 Å². The lowest BCUT2D eigenvalue weighted by molar-refractivity contribution is -0.104. The van der Waals surface area contributed by atoms with E-state index in [2.05, 4.69) is 0 Å². The molecule has 0 atom stereocenters. The average molecular weight is 167 g/mol. The summed E-state index contributed by atoms with van der Waals surface area (Å²) in [5, 5.41) is 0. The van der Waals surface area contributed by atoms with Crippen LogP contribution in [0, 0.1) is 5.82 Å². The largest absolute Gasteiger partial charge is 0.398 e. The molecule has 12 heavy (non-hydrogen) atoms. The highest BCUT2D eigenvalue weighted by Crippen LogP contribution is 2.12. The molecule has 62 valence electrons. The van der Waals surface area contributed by atoms with E-state index in [0.29, 0.717) is 0 Å². The summed E-state index contributed by atoms with van der Waals surface area (Å²) >= 11 is 0. The van der Waals surface area contributed by atoms with Gasteiger partial charge in [-0.15, -0.1) is 0 Å². The quantitative estimate of drug-likeness (QED) is 0.306. The highest BCUT2D eigenvalue weighted by Gasteiger charge is 2.08. The molecule has 0 radical (unpaired) electrons. The van der Waals surface area contributed by atoms with Crippen molar-refractivity contribution in [3.05, 3.63) is 29.6 Å². The molecule has 0 aliphatic carbocycles. The van der Waals surface area contributed by atoms with Crippen molar-refractivity contribution < 1.29 is 14.0 Å². The minimum atomic E-state index is -0.813. The second kappa shape index (κ2) is 3.13. The standard InChI is InChI=1S/C8H6FNO2/c9-5-1-2-7(10)6(3-5)8(12)4-11/h1-4H,10H2. The number of ketones is 1. The van der Waals surface area contributed by atoms with Gasteiger partial charge in [-0.3, -0.25) is 9.59 Å². The van der Waals surface area contributed by atoms with Crippen molar-refractivity contribution in [2.75, 3.05) is 5.73 Å². The molecule has 0 aliphatic rings. The summed E-state index contributed by atoms with van der Waals surface area (Å²) in [4.78, 5) is 20.8. The average Bonchev–Trinajstić information content (AvgIpc) is 2.08. The van der Waals surface area contributed by atoms with E-state index in [-0.39, 0.29) is 17.5 Å². The van der Waals surface area contributed by atoms with Gasteiger partial charge in [0.05, 0.1) is 5.56 Å². The van der Waals surface area contributed by atoms with Crippen molar-refractivity contribution in [1.29, 1.82) is 0 Å². The molecule has 0 amide bonds. The lowest BCUT2D eigenvalue weighted by Gasteiger charge is -1.98. The van der Waals surface area contributed by atoms with Gasteiger partial charge in [-0.25, -0.2) is 4.39 Å². The smallest absolute Gasteiger partial charge is 0.227 e. The highest BCUT2D eigenvalue weighted by molar-refractivity contribution is 6.34. The minimum absolute atomic E-state index is 0.0926. The van der Waals surface area contributed by atoms with E-state index in [4.69, 9.17) is 5.73 Å². The van der Waals surface area contributed by atoms with E-state index < -0.39 is 11.6 Å². The van der Waals surface area contributed by atoms with Gasteiger partial charge in [0.15, 0.2) is 6.29 Å².